The third-order valence-corrected chi connectivity index (χ3v) is 3.00. The molecule has 5 heteroatoms. The highest BCUT2D eigenvalue weighted by Gasteiger charge is 2.15. The Labute approximate surface area is 123 Å². The summed E-state index contributed by atoms with van der Waals surface area (Å²) in [5.41, 5.74) is 1.23. The van der Waals surface area contributed by atoms with E-state index < -0.39 is 0 Å². The van der Waals surface area contributed by atoms with Gasteiger partial charge in [0.2, 0.25) is 0 Å². The minimum atomic E-state index is -0.202. The van der Waals surface area contributed by atoms with E-state index in [4.69, 9.17) is 5.11 Å². The number of hydrogen-bond donors (Lipinski definition) is 3. The van der Waals surface area contributed by atoms with Crippen LogP contribution in [0.4, 0.5) is 0 Å². The lowest BCUT2D eigenvalue weighted by molar-refractivity contribution is 0.0934. The molecule has 2 rings (SSSR count). The second-order valence-corrected chi connectivity index (χ2v) is 4.45. The van der Waals surface area contributed by atoms with Crippen LogP contribution in [0.25, 0.3) is 0 Å². The van der Waals surface area contributed by atoms with Crippen molar-refractivity contribution in [3.63, 3.8) is 0 Å². The minimum Gasteiger partial charge on any atom is -0.384 e. The van der Waals surface area contributed by atoms with Gasteiger partial charge in [-0.25, -0.2) is 4.98 Å². The molecule has 108 valence electrons. The van der Waals surface area contributed by atoms with E-state index in [0.717, 1.165) is 12.2 Å². The van der Waals surface area contributed by atoms with Gasteiger partial charge in [-0.1, -0.05) is 24.8 Å². The second-order valence-electron chi connectivity index (χ2n) is 4.45. The number of imidazole rings is 1. The molecule has 0 spiro atoms. The van der Waals surface area contributed by atoms with E-state index in [1.54, 1.807) is 36.7 Å². The fourth-order valence-corrected chi connectivity index (χ4v) is 1.95. The minimum absolute atomic E-state index is 0.153. The van der Waals surface area contributed by atoms with Gasteiger partial charge in [-0.2, -0.15) is 0 Å². The summed E-state index contributed by atoms with van der Waals surface area (Å²) in [6.07, 6.45) is 4.13. The summed E-state index contributed by atoms with van der Waals surface area (Å²) in [5, 5.41) is 11.6. The molecular formula is C16H17N3O2. The van der Waals surface area contributed by atoms with E-state index in [2.05, 4.69) is 27.1 Å². The standard InChI is InChI=1S/C16H17N3O2/c1-2-14(15-17-8-9-18-15)19-16(21)13-7-3-5-12(11-13)6-4-10-20/h3,5,7-9,11,14,20H,2,10H2,1H3,(H,17,18)(H,19,21). The number of hydrogen-bond acceptors (Lipinski definition) is 3. The predicted molar refractivity (Wildman–Crippen MR) is 79.5 cm³/mol. The Bertz CT molecular complexity index is 654. The van der Waals surface area contributed by atoms with Gasteiger partial charge >= 0.3 is 0 Å². The molecule has 1 heterocycles. The fourth-order valence-electron chi connectivity index (χ4n) is 1.95. The normalized spacial score (nSPS) is 11.3. The van der Waals surface area contributed by atoms with Crippen molar-refractivity contribution in [3.05, 3.63) is 53.6 Å². The molecule has 5 nitrogen and oxygen atoms in total. The number of amides is 1. The Hall–Kier alpha value is -2.58. The molecular weight excluding hydrogens is 266 g/mol. The molecule has 1 unspecified atom stereocenters. The Morgan fingerprint density at radius 2 is 2.38 bits per heavy atom. The van der Waals surface area contributed by atoms with Crippen molar-refractivity contribution >= 4 is 5.91 Å². The molecule has 0 aliphatic rings. The second kappa shape index (κ2) is 7.27. The summed E-state index contributed by atoms with van der Waals surface area (Å²) in [6, 6.07) is 6.84. The van der Waals surface area contributed by atoms with Crippen molar-refractivity contribution in [2.45, 2.75) is 19.4 Å². The molecule has 1 aromatic carbocycles. The van der Waals surface area contributed by atoms with E-state index in [1.165, 1.54) is 0 Å². The Morgan fingerprint density at radius 1 is 1.52 bits per heavy atom. The Morgan fingerprint density at radius 3 is 3.05 bits per heavy atom. The number of aromatic amines is 1. The summed E-state index contributed by atoms with van der Waals surface area (Å²) < 4.78 is 0. The molecule has 3 N–H and O–H groups in total. The van der Waals surface area contributed by atoms with E-state index in [-0.39, 0.29) is 18.6 Å². The summed E-state index contributed by atoms with van der Waals surface area (Å²) in [5.74, 6) is 5.91. The molecule has 0 fully saturated rings. The number of benzene rings is 1. The molecule has 0 aliphatic carbocycles. The molecule has 0 saturated carbocycles. The van der Waals surface area contributed by atoms with Gasteiger partial charge in [-0.3, -0.25) is 4.79 Å². The monoisotopic (exact) mass is 283 g/mol. The van der Waals surface area contributed by atoms with Crippen LogP contribution >= 0.6 is 0 Å². The molecule has 0 radical (unpaired) electrons. The lowest BCUT2D eigenvalue weighted by atomic mass is 10.1. The molecule has 21 heavy (non-hydrogen) atoms. The summed E-state index contributed by atoms with van der Waals surface area (Å²) in [4.78, 5) is 19.5. The van der Waals surface area contributed by atoms with E-state index in [9.17, 15) is 4.79 Å². The number of nitrogens with one attached hydrogen (secondary N) is 2. The van der Waals surface area contributed by atoms with Crippen molar-refractivity contribution in [1.82, 2.24) is 15.3 Å². The average Bonchev–Trinajstić information content (AvgIpc) is 3.04. The van der Waals surface area contributed by atoms with Gasteiger partial charge in [-0.15, -0.1) is 0 Å². The van der Waals surface area contributed by atoms with Gasteiger partial charge in [0.1, 0.15) is 12.4 Å². The van der Waals surface area contributed by atoms with Crippen molar-refractivity contribution in [3.8, 4) is 11.8 Å². The Balaban J connectivity index is 2.12. The SMILES string of the molecule is CCC(NC(=O)c1cccc(C#CCO)c1)c1ncc[nH]1. The van der Waals surface area contributed by atoms with Gasteiger partial charge in [0.15, 0.2) is 0 Å². The highest BCUT2D eigenvalue weighted by molar-refractivity contribution is 5.94. The first-order chi connectivity index (χ1) is 10.2. The number of aliphatic hydroxyl groups is 1. The highest BCUT2D eigenvalue weighted by atomic mass is 16.2. The van der Waals surface area contributed by atoms with Gasteiger partial charge in [-0.05, 0) is 24.6 Å². The first-order valence-corrected chi connectivity index (χ1v) is 6.74. The van der Waals surface area contributed by atoms with Crippen LogP contribution in [0.3, 0.4) is 0 Å². The summed E-state index contributed by atoms with van der Waals surface area (Å²) >= 11 is 0. The molecule has 1 atom stereocenters. The van der Waals surface area contributed by atoms with Gasteiger partial charge < -0.3 is 15.4 Å². The number of aliphatic hydroxyl groups excluding tert-OH is 1. The number of rotatable bonds is 4. The number of nitrogens with zero attached hydrogens (tertiary/aromatic N) is 1. The van der Waals surface area contributed by atoms with Gasteiger partial charge in [0, 0.05) is 23.5 Å². The summed E-state index contributed by atoms with van der Waals surface area (Å²) in [6.45, 7) is 1.78. The van der Waals surface area contributed by atoms with Gasteiger partial charge in [0.05, 0.1) is 6.04 Å². The van der Waals surface area contributed by atoms with Crippen LogP contribution in [0.2, 0.25) is 0 Å². The number of carbonyl (C=O) groups excluding carboxylic acids is 1. The first-order valence-electron chi connectivity index (χ1n) is 6.74. The molecule has 0 aliphatic heterocycles. The lowest BCUT2D eigenvalue weighted by Crippen LogP contribution is -2.28. The van der Waals surface area contributed by atoms with Crippen LogP contribution in [0.5, 0.6) is 0 Å². The van der Waals surface area contributed by atoms with Gasteiger partial charge in [0.25, 0.3) is 5.91 Å². The van der Waals surface area contributed by atoms with Crippen molar-refractivity contribution in [1.29, 1.82) is 0 Å². The maximum absolute atomic E-state index is 12.3. The zero-order valence-electron chi connectivity index (χ0n) is 11.8. The van der Waals surface area contributed by atoms with Crippen LogP contribution in [-0.4, -0.2) is 27.6 Å². The van der Waals surface area contributed by atoms with E-state index in [1.807, 2.05) is 6.92 Å². The van der Waals surface area contributed by atoms with Crippen LogP contribution in [0.1, 0.15) is 41.1 Å². The topological polar surface area (TPSA) is 78.0 Å². The third-order valence-electron chi connectivity index (χ3n) is 3.00. The molecule has 1 aromatic heterocycles. The van der Waals surface area contributed by atoms with Crippen LogP contribution in [0, 0.1) is 11.8 Å². The first kappa shape index (κ1) is 14.8. The number of aromatic nitrogens is 2. The zero-order valence-corrected chi connectivity index (χ0v) is 11.8. The zero-order chi connectivity index (χ0) is 15.1. The number of carbonyl (C=O) groups is 1. The third kappa shape index (κ3) is 3.94. The maximum Gasteiger partial charge on any atom is 0.251 e. The van der Waals surface area contributed by atoms with Crippen LogP contribution in [0.15, 0.2) is 36.7 Å². The molecule has 0 saturated heterocycles. The fraction of sp³-hybridized carbons (Fsp3) is 0.250. The van der Waals surface area contributed by atoms with Crippen molar-refractivity contribution in [2.75, 3.05) is 6.61 Å². The van der Waals surface area contributed by atoms with E-state index in [0.29, 0.717) is 11.1 Å². The van der Waals surface area contributed by atoms with Crippen LogP contribution < -0.4 is 5.32 Å². The van der Waals surface area contributed by atoms with Crippen molar-refractivity contribution in [2.24, 2.45) is 0 Å². The largest absolute Gasteiger partial charge is 0.384 e. The molecule has 0 bridgehead atoms. The smallest absolute Gasteiger partial charge is 0.251 e. The van der Waals surface area contributed by atoms with Crippen LogP contribution in [-0.2, 0) is 0 Å². The van der Waals surface area contributed by atoms with Crippen molar-refractivity contribution < 1.29 is 9.90 Å². The summed E-state index contributed by atoms with van der Waals surface area (Å²) in [7, 11) is 0. The lowest BCUT2D eigenvalue weighted by Gasteiger charge is -2.14. The Kier molecular flexibility index (Phi) is 5.13. The predicted octanol–water partition coefficient (Wildman–Crippen LogP) is 1.63. The molecule has 1 amide bonds. The molecule has 2 aromatic rings. The number of H-pyrrole nitrogens is 1. The van der Waals surface area contributed by atoms with E-state index >= 15 is 0 Å². The average molecular weight is 283 g/mol. The highest BCUT2D eigenvalue weighted by Crippen LogP contribution is 2.13. The maximum atomic E-state index is 12.3. The quantitative estimate of drug-likeness (QED) is 0.746.